The molecule has 0 aromatic heterocycles. The number of nitrogens with one attached hydrogen (secondary N) is 1. The van der Waals surface area contributed by atoms with Crippen LogP contribution >= 0.6 is 0 Å². The highest BCUT2D eigenvalue weighted by molar-refractivity contribution is 5.77. The van der Waals surface area contributed by atoms with Crippen LogP contribution in [0.15, 0.2) is 0 Å². The number of hydrogen-bond acceptors (Lipinski definition) is 3. The molecular weight excluding hydrogens is 218 g/mol. The van der Waals surface area contributed by atoms with Gasteiger partial charge in [0.15, 0.2) is 0 Å². The molecule has 2 unspecified atom stereocenters. The van der Waals surface area contributed by atoms with Gasteiger partial charge in [-0.2, -0.15) is 0 Å². The van der Waals surface area contributed by atoms with Gasteiger partial charge in [0.1, 0.15) is 0 Å². The molecule has 3 N–H and O–H groups in total. The first-order valence-electron chi connectivity index (χ1n) is 6.29. The summed E-state index contributed by atoms with van der Waals surface area (Å²) in [4.78, 5) is 24.6. The molecule has 17 heavy (non-hydrogen) atoms. The van der Waals surface area contributed by atoms with Crippen LogP contribution in [-0.4, -0.2) is 41.9 Å². The van der Waals surface area contributed by atoms with Gasteiger partial charge in [-0.25, -0.2) is 0 Å². The maximum Gasteiger partial charge on any atom is 0.222 e. The molecule has 1 heterocycles. The van der Waals surface area contributed by atoms with Crippen LogP contribution < -0.4 is 11.1 Å². The van der Waals surface area contributed by atoms with Crippen molar-refractivity contribution in [1.29, 1.82) is 0 Å². The summed E-state index contributed by atoms with van der Waals surface area (Å²) in [7, 11) is 0. The Morgan fingerprint density at radius 2 is 2.24 bits per heavy atom. The van der Waals surface area contributed by atoms with Gasteiger partial charge in [0, 0.05) is 38.5 Å². The molecule has 0 aliphatic carbocycles. The average Bonchev–Trinajstić information content (AvgIpc) is 2.64. The molecule has 0 radical (unpaired) electrons. The Balaban J connectivity index is 2.23. The van der Waals surface area contributed by atoms with Crippen molar-refractivity contribution >= 4 is 11.8 Å². The zero-order valence-electron chi connectivity index (χ0n) is 10.7. The molecule has 1 aliphatic rings. The van der Waals surface area contributed by atoms with Crippen molar-refractivity contribution in [2.24, 2.45) is 5.73 Å². The SMILES string of the molecule is CC(=O)NC1CCN(C(=O)CCCC(C)N)C1. The molecule has 2 amide bonds. The van der Waals surface area contributed by atoms with E-state index in [-0.39, 0.29) is 23.9 Å². The monoisotopic (exact) mass is 241 g/mol. The number of nitrogens with zero attached hydrogens (tertiary/aromatic N) is 1. The van der Waals surface area contributed by atoms with Gasteiger partial charge >= 0.3 is 0 Å². The fourth-order valence-corrected chi connectivity index (χ4v) is 2.13. The Labute approximate surface area is 103 Å². The first kappa shape index (κ1) is 14.0. The van der Waals surface area contributed by atoms with Gasteiger partial charge in [-0.15, -0.1) is 0 Å². The van der Waals surface area contributed by atoms with Crippen molar-refractivity contribution in [3.05, 3.63) is 0 Å². The Morgan fingerprint density at radius 3 is 2.82 bits per heavy atom. The lowest BCUT2D eigenvalue weighted by Crippen LogP contribution is -2.37. The van der Waals surface area contributed by atoms with E-state index in [2.05, 4.69) is 5.32 Å². The second-order valence-corrected chi connectivity index (χ2v) is 4.90. The standard InChI is InChI=1S/C12H23N3O2/c1-9(13)4-3-5-12(17)15-7-6-11(8-15)14-10(2)16/h9,11H,3-8,13H2,1-2H3,(H,14,16). The Kier molecular flexibility index (Phi) is 5.41. The highest BCUT2D eigenvalue weighted by Crippen LogP contribution is 2.12. The Morgan fingerprint density at radius 1 is 1.53 bits per heavy atom. The molecular formula is C12H23N3O2. The molecule has 1 saturated heterocycles. The van der Waals surface area contributed by atoms with E-state index in [0.29, 0.717) is 13.0 Å². The number of rotatable bonds is 5. The third-order valence-corrected chi connectivity index (χ3v) is 3.00. The van der Waals surface area contributed by atoms with E-state index in [1.54, 1.807) is 0 Å². The summed E-state index contributed by atoms with van der Waals surface area (Å²) in [5, 5.41) is 2.85. The summed E-state index contributed by atoms with van der Waals surface area (Å²) in [5.41, 5.74) is 5.64. The first-order valence-corrected chi connectivity index (χ1v) is 6.29. The minimum atomic E-state index is -0.0266. The predicted octanol–water partition coefficient (Wildman–Crippen LogP) is 0.241. The van der Waals surface area contributed by atoms with Gasteiger partial charge < -0.3 is 16.0 Å². The molecule has 0 aromatic carbocycles. The summed E-state index contributed by atoms with van der Waals surface area (Å²) in [6, 6.07) is 0.290. The lowest BCUT2D eigenvalue weighted by molar-refractivity contribution is -0.130. The smallest absolute Gasteiger partial charge is 0.222 e. The van der Waals surface area contributed by atoms with Crippen LogP contribution in [0, 0.1) is 0 Å². The van der Waals surface area contributed by atoms with Crippen molar-refractivity contribution in [3.63, 3.8) is 0 Å². The molecule has 0 aromatic rings. The highest BCUT2D eigenvalue weighted by atomic mass is 16.2. The van der Waals surface area contributed by atoms with E-state index in [4.69, 9.17) is 5.73 Å². The maximum absolute atomic E-state index is 11.8. The molecule has 5 heteroatoms. The number of nitrogens with two attached hydrogens (primary N) is 1. The van der Waals surface area contributed by atoms with Crippen molar-refractivity contribution in [2.45, 2.75) is 51.6 Å². The summed E-state index contributed by atoms with van der Waals surface area (Å²) < 4.78 is 0. The number of carbonyl (C=O) groups is 2. The van der Waals surface area contributed by atoms with Gasteiger partial charge in [-0.1, -0.05) is 0 Å². The molecule has 5 nitrogen and oxygen atoms in total. The third kappa shape index (κ3) is 5.17. The van der Waals surface area contributed by atoms with Crippen molar-refractivity contribution in [1.82, 2.24) is 10.2 Å². The molecule has 0 saturated carbocycles. The molecule has 1 rings (SSSR count). The molecule has 1 fully saturated rings. The van der Waals surface area contributed by atoms with E-state index in [0.717, 1.165) is 25.8 Å². The number of hydrogen-bond donors (Lipinski definition) is 2. The van der Waals surface area contributed by atoms with E-state index in [9.17, 15) is 9.59 Å². The number of amides is 2. The fraction of sp³-hybridized carbons (Fsp3) is 0.833. The van der Waals surface area contributed by atoms with Crippen molar-refractivity contribution in [3.8, 4) is 0 Å². The quantitative estimate of drug-likeness (QED) is 0.724. The van der Waals surface area contributed by atoms with Crippen molar-refractivity contribution in [2.75, 3.05) is 13.1 Å². The minimum Gasteiger partial charge on any atom is -0.352 e. The van der Waals surface area contributed by atoms with Crippen LogP contribution in [0.25, 0.3) is 0 Å². The number of carbonyl (C=O) groups excluding carboxylic acids is 2. The summed E-state index contributed by atoms with van der Waals surface area (Å²) in [5.74, 6) is 0.153. The van der Waals surface area contributed by atoms with Gasteiger partial charge in [0.05, 0.1) is 0 Å². The molecule has 1 aliphatic heterocycles. The van der Waals surface area contributed by atoms with E-state index < -0.39 is 0 Å². The third-order valence-electron chi connectivity index (χ3n) is 3.00. The molecule has 98 valence electrons. The van der Waals surface area contributed by atoms with Gasteiger partial charge in [0.2, 0.25) is 11.8 Å². The van der Waals surface area contributed by atoms with Crippen LogP contribution in [-0.2, 0) is 9.59 Å². The first-order chi connectivity index (χ1) is 7.99. The second kappa shape index (κ2) is 6.59. The topological polar surface area (TPSA) is 75.4 Å². The van der Waals surface area contributed by atoms with Gasteiger partial charge in [0.25, 0.3) is 0 Å². The normalized spacial score (nSPS) is 21.4. The zero-order valence-corrected chi connectivity index (χ0v) is 10.7. The van der Waals surface area contributed by atoms with Crippen LogP contribution in [0.4, 0.5) is 0 Å². The summed E-state index contributed by atoms with van der Waals surface area (Å²) in [6.45, 7) is 4.86. The number of likely N-dealkylation sites (tertiary alicyclic amines) is 1. The largest absolute Gasteiger partial charge is 0.352 e. The zero-order chi connectivity index (χ0) is 12.8. The Bertz CT molecular complexity index is 279. The highest BCUT2D eigenvalue weighted by Gasteiger charge is 2.26. The molecule has 0 bridgehead atoms. The maximum atomic E-state index is 11.8. The van der Waals surface area contributed by atoms with E-state index >= 15 is 0 Å². The summed E-state index contributed by atoms with van der Waals surface area (Å²) >= 11 is 0. The minimum absolute atomic E-state index is 0.0266. The van der Waals surface area contributed by atoms with Crippen LogP contribution in [0.2, 0.25) is 0 Å². The van der Waals surface area contributed by atoms with E-state index in [1.165, 1.54) is 6.92 Å². The van der Waals surface area contributed by atoms with Crippen LogP contribution in [0.5, 0.6) is 0 Å². The van der Waals surface area contributed by atoms with Gasteiger partial charge in [-0.05, 0) is 26.2 Å². The molecule has 0 spiro atoms. The van der Waals surface area contributed by atoms with Crippen LogP contribution in [0.3, 0.4) is 0 Å². The average molecular weight is 241 g/mol. The Hall–Kier alpha value is -1.10. The van der Waals surface area contributed by atoms with Gasteiger partial charge in [-0.3, -0.25) is 9.59 Å². The van der Waals surface area contributed by atoms with Crippen molar-refractivity contribution < 1.29 is 9.59 Å². The van der Waals surface area contributed by atoms with Crippen LogP contribution in [0.1, 0.15) is 39.5 Å². The second-order valence-electron chi connectivity index (χ2n) is 4.90. The summed E-state index contributed by atoms with van der Waals surface area (Å²) in [6.07, 6.45) is 3.15. The molecule has 2 atom stereocenters. The lowest BCUT2D eigenvalue weighted by atomic mass is 10.1. The predicted molar refractivity (Wildman–Crippen MR) is 66.3 cm³/mol. The van der Waals surface area contributed by atoms with E-state index in [1.807, 2.05) is 11.8 Å². The fourth-order valence-electron chi connectivity index (χ4n) is 2.13. The lowest BCUT2D eigenvalue weighted by Gasteiger charge is -2.17.